The van der Waals surface area contributed by atoms with Crippen molar-refractivity contribution in [3.8, 4) is 0 Å². The summed E-state index contributed by atoms with van der Waals surface area (Å²) in [5.41, 5.74) is 3.53. The van der Waals surface area contributed by atoms with Crippen molar-refractivity contribution in [2.45, 2.75) is 19.8 Å². The van der Waals surface area contributed by atoms with E-state index in [1.807, 2.05) is 48.5 Å². The smallest absolute Gasteiger partial charge is 0.193 e. The number of carbonyl (C=O) groups is 1. The second kappa shape index (κ2) is 5.88. The second-order valence-corrected chi connectivity index (χ2v) is 5.16. The molecule has 3 rings (SSSR count). The molecule has 0 saturated heterocycles. The Morgan fingerprint density at radius 2 is 1.90 bits per heavy atom. The first-order valence-corrected chi connectivity index (χ1v) is 7.27. The number of ketones is 1. The van der Waals surface area contributed by atoms with Crippen LogP contribution in [0.25, 0.3) is 10.9 Å². The molecule has 0 unspecified atom stereocenters. The molecule has 0 spiro atoms. The van der Waals surface area contributed by atoms with Crippen LogP contribution in [-0.2, 0) is 6.42 Å². The van der Waals surface area contributed by atoms with Crippen LogP contribution >= 0.6 is 0 Å². The van der Waals surface area contributed by atoms with Crippen LogP contribution in [0.4, 0.5) is 0 Å². The minimum absolute atomic E-state index is 0.0616. The molecule has 0 atom stereocenters. The fourth-order valence-corrected chi connectivity index (χ4v) is 2.61. The maximum absolute atomic E-state index is 12.8. The molecule has 1 aromatic heterocycles. The van der Waals surface area contributed by atoms with Gasteiger partial charge >= 0.3 is 0 Å². The number of fused-ring (bicyclic) bond motifs is 1. The molecule has 0 bridgehead atoms. The molecule has 0 saturated carbocycles. The molecule has 0 aliphatic heterocycles. The van der Waals surface area contributed by atoms with Gasteiger partial charge in [-0.05, 0) is 30.2 Å². The van der Waals surface area contributed by atoms with Gasteiger partial charge in [-0.1, -0.05) is 49.7 Å². The van der Waals surface area contributed by atoms with E-state index in [1.165, 1.54) is 5.56 Å². The molecule has 2 nitrogen and oxygen atoms in total. The van der Waals surface area contributed by atoms with Gasteiger partial charge in [-0.25, -0.2) is 0 Å². The van der Waals surface area contributed by atoms with Crippen LogP contribution in [-0.4, -0.2) is 10.8 Å². The van der Waals surface area contributed by atoms with Gasteiger partial charge in [0.15, 0.2) is 5.78 Å². The minimum Gasteiger partial charge on any atom is -0.289 e. The molecule has 0 N–H and O–H groups in total. The van der Waals surface area contributed by atoms with Crippen LogP contribution in [0, 0.1) is 0 Å². The van der Waals surface area contributed by atoms with Gasteiger partial charge < -0.3 is 0 Å². The monoisotopic (exact) mass is 275 g/mol. The zero-order valence-corrected chi connectivity index (χ0v) is 12.0. The lowest BCUT2D eigenvalue weighted by Crippen LogP contribution is -2.03. The van der Waals surface area contributed by atoms with Gasteiger partial charge in [0.1, 0.15) is 0 Å². The summed E-state index contributed by atoms with van der Waals surface area (Å²) in [6.45, 7) is 2.14. The highest BCUT2D eigenvalue weighted by molar-refractivity contribution is 6.16. The Kier molecular flexibility index (Phi) is 3.78. The van der Waals surface area contributed by atoms with E-state index in [2.05, 4.69) is 18.0 Å². The molecule has 1 heterocycles. The average molecular weight is 275 g/mol. The highest BCUT2D eigenvalue weighted by atomic mass is 16.1. The fraction of sp³-hybridized carbons (Fsp3) is 0.158. The average Bonchev–Trinajstić information content (AvgIpc) is 2.54. The van der Waals surface area contributed by atoms with Crippen LogP contribution in [0.3, 0.4) is 0 Å². The molecule has 0 fully saturated rings. The molecule has 0 aliphatic rings. The Labute approximate surface area is 124 Å². The fourth-order valence-electron chi connectivity index (χ4n) is 2.61. The second-order valence-electron chi connectivity index (χ2n) is 5.16. The van der Waals surface area contributed by atoms with Gasteiger partial charge in [-0.2, -0.15) is 0 Å². The van der Waals surface area contributed by atoms with Crippen LogP contribution in [0.2, 0.25) is 0 Å². The Morgan fingerprint density at radius 3 is 2.76 bits per heavy atom. The van der Waals surface area contributed by atoms with Gasteiger partial charge in [0, 0.05) is 22.7 Å². The predicted octanol–water partition coefficient (Wildman–Crippen LogP) is 4.42. The summed E-state index contributed by atoms with van der Waals surface area (Å²) in [6.07, 6.45) is 3.83. The largest absolute Gasteiger partial charge is 0.289 e. The molecule has 2 aromatic carbocycles. The van der Waals surface area contributed by atoms with Crippen LogP contribution < -0.4 is 0 Å². The number of nitrogens with zero attached hydrogens (tertiary/aromatic N) is 1. The van der Waals surface area contributed by atoms with Gasteiger partial charge in [0.05, 0.1) is 5.52 Å². The number of benzene rings is 2. The van der Waals surface area contributed by atoms with Crippen molar-refractivity contribution < 1.29 is 4.79 Å². The van der Waals surface area contributed by atoms with E-state index in [0.29, 0.717) is 5.56 Å². The van der Waals surface area contributed by atoms with Gasteiger partial charge in [0.25, 0.3) is 0 Å². The minimum atomic E-state index is 0.0616. The van der Waals surface area contributed by atoms with Gasteiger partial charge in [-0.3, -0.25) is 9.78 Å². The summed E-state index contributed by atoms with van der Waals surface area (Å²) >= 11 is 0. The summed E-state index contributed by atoms with van der Waals surface area (Å²) < 4.78 is 0. The quantitative estimate of drug-likeness (QED) is 0.660. The number of aryl methyl sites for hydroxylation is 1. The molecule has 104 valence electrons. The van der Waals surface area contributed by atoms with Crippen LogP contribution in [0.1, 0.15) is 34.8 Å². The van der Waals surface area contributed by atoms with E-state index >= 15 is 0 Å². The van der Waals surface area contributed by atoms with Crippen molar-refractivity contribution in [3.05, 3.63) is 77.5 Å². The Balaban J connectivity index is 2.06. The molecular formula is C19H17NO. The van der Waals surface area contributed by atoms with E-state index in [9.17, 15) is 4.79 Å². The number of hydrogen-bond acceptors (Lipinski definition) is 2. The standard InChI is InChI=1S/C19H17NO/c1-2-6-14-7-3-8-15(13-14)19(21)17-9-4-11-18-16(17)10-5-12-20-18/h3-5,7-13H,2,6H2,1H3. The van der Waals surface area contributed by atoms with Crippen molar-refractivity contribution in [2.24, 2.45) is 0 Å². The van der Waals surface area contributed by atoms with Gasteiger partial charge in [-0.15, -0.1) is 0 Å². The number of hydrogen-bond donors (Lipinski definition) is 0. The third-order valence-electron chi connectivity index (χ3n) is 3.62. The number of carbonyl (C=O) groups excluding carboxylic acids is 1. The summed E-state index contributed by atoms with van der Waals surface area (Å²) in [5.74, 6) is 0.0616. The van der Waals surface area contributed by atoms with Crippen molar-refractivity contribution in [1.82, 2.24) is 4.98 Å². The van der Waals surface area contributed by atoms with E-state index in [4.69, 9.17) is 0 Å². The summed E-state index contributed by atoms with van der Waals surface area (Å²) in [6, 6.07) is 17.4. The van der Waals surface area contributed by atoms with Crippen molar-refractivity contribution in [1.29, 1.82) is 0 Å². The molecule has 2 heteroatoms. The Hall–Kier alpha value is -2.48. The number of rotatable bonds is 4. The highest BCUT2D eigenvalue weighted by Crippen LogP contribution is 2.20. The molecule has 0 amide bonds. The maximum Gasteiger partial charge on any atom is 0.193 e. The van der Waals surface area contributed by atoms with Gasteiger partial charge in [0.2, 0.25) is 0 Å². The lowest BCUT2D eigenvalue weighted by atomic mass is 9.97. The number of aromatic nitrogens is 1. The third-order valence-corrected chi connectivity index (χ3v) is 3.62. The molecular weight excluding hydrogens is 258 g/mol. The topological polar surface area (TPSA) is 30.0 Å². The molecule has 21 heavy (non-hydrogen) atoms. The molecule has 0 aliphatic carbocycles. The Morgan fingerprint density at radius 1 is 1.05 bits per heavy atom. The van der Waals surface area contributed by atoms with Crippen molar-refractivity contribution >= 4 is 16.7 Å². The summed E-state index contributed by atoms with van der Waals surface area (Å²) in [5, 5.41) is 0.908. The van der Waals surface area contributed by atoms with Crippen molar-refractivity contribution in [2.75, 3.05) is 0 Å². The van der Waals surface area contributed by atoms with E-state index in [1.54, 1.807) is 6.20 Å². The van der Waals surface area contributed by atoms with E-state index < -0.39 is 0 Å². The normalized spacial score (nSPS) is 10.7. The predicted molar refractivity (Wildman–Crippen MR) is 85.6 cm³/mol. The highest BCUT2D eigenvalue weighted by Gasteiger charge is 2.12. The zero-order valence-electron chi connectivity index (χ0n) is 12.0. The summed E-state index contributed by atoms with van der Waals surface area (Å²) in [7, 11) is 0. The van der Waals surface area contributed by atoms with Crippen LogP contribution in [0.15, 0.2) is 60.8 Å². The summed E-state index contributed by atoms with van der Waals surface area (Å²) in [4.78, 5) is 17.1. The first-order valence-electron chi connectivity index (χ1n) is 7.27. The maximum atomic E-state index is 12.8. The molecule has 0 radical (unpaired) electrons. The molecule has 3 aromatic rings. The lowest BCUT2D eigenvalue weighted by molar-refractivity contribution is 0.104. The van der Waals surface area contributed by atoms with Crippen molar-refractivity contribution in [3.63, 3.8) is 0 Å². The lowest BCUT2D eigenvalue weighted by Gasteiger charge is -2.07. The Bertz CT molecular complexity index is 787. The third kappa shape index (κ3) is 2.70. The SMILES string of the molecule is CCCc1cccc(C(=O)c2cccc3ncccc23)c1. The first kappa shape index (κ1) is 13.5. The van der Waals surface area contributed by atoms with Crippen LogP contribution in [0.5, 0.6) is 0 Å². The van der Waals surface area contributed by atoms with E-state index in [-0.39, 0.29) is 5.78 Å². The first-order chi connectivity index (χ1) is 10.3. The van der Waals surface area contributed by atoms with E-state index in [0.717, 1.165) is 29.3 Å². The number of pyridine rings is 1. The zero-order chi connectivity index (χ0) is 14.7.